The van der Waals surface area contributed by atoms with Gasteiger partial charge in [-0.25, -0.2) is 0 Å². The fraction of sp³-hybridized carbons (Fsp3) is 0.412. The normalized spacial score (nSPS) is 25.6. The highest BCUT2D eigenvalue weighted by molar-refractivity contribution is 6.33. The minimum atomic E-state index is -1.59. The number of halogens is 1. The van der Waals surface area contributed by atoms with Crippen molar-refractivity contribution < 1.29 is 29.0 Å². The zero-order chi connectivity index (χ0) is 18.2. The maximum absolute atomic E-state index is 13.1. The number of fused-ring (bicyclic) bond motifs is 2. The summed E-state index contributed by atoms with van der Waals surface area (Å²) in [6, 6.07) is 4.68. The Bertz CT molecular complexity index is 768. The van der Waals surface area contributed by atoms with Crippen LogP contribution in [0.2, 0.25) is 5.02 Å². The third-order valence-electron chi connectivity index (χ3n) is 4.68. The molecular weight excluding hydrogens is 350 g/mol. The van der Waals surface area contributed by atoms with Crippen molar-refractivity contribution in [2.75, 3.05) is 19.8 Å². The average Bonchev–Trinajstić information content (AvgIpc) is 2.59. The minimum absolute atomic E-state index is 0.0798. The maximum atomic E-state index is 13.1. The number of rotatable bonds is 3. The minimum Gasteiger partial charge on any atom is -0.480 e. The topological polar surface area (TPSA) is 110 Å². The third-order valence-corrected chi connectivity index (χ3v) is 4.91. The summed E-state index contributed by atoms with van der Waals surface area (Å²) >= 11 is 5.99. The van der Waals surface area contributed by atoms with Crippen LogP contribution in [0, 0.1) is 5.92 Å². The number of carboxylic acids is 1. The number of ether oxygens (including phenoxy) is 1. The number of amides is 1. The lowest BCUT2D eigenvalue weighted by atomic mass is 9.62. The first-order valence-electron chi connectivity index (χ1n) is 7.82. The molecule has 3 rings (SSSR count). The summed E-state index contributed by atoms with van der Waals surface area (Å²) in [7, 11) is 0. The highest BCUT2D eigenvalue weighted by Gasteiger charge is 2.54. The van der Waals surface area contributed by atoms with Crippen LogP contribution in [-0.4, -0.2) is 48.3 Å². The fourth-order valence-corrected chi connectivity index (χ4v) is 3.70. The monoisotopic (exact) mass is 365 g/mol. The number of carbonyl (C=O) groups excluding carboxylic acids is 3. The Kier molecular flexibility index (Phi) is 4.62. The average molecular weight is 366 g/mol. The maximum Gasteiger partial charge on any atom is 0.322 e. The van der Waals surface area contributed by atoms with E-state index in [1.807, 2.05) is 0 Å². The Morgan fingerprint density at radius 3 is 2.76 bits per heavy atom. The van der Waals surface area contributed by atoms with Crippen molar-refractivity contribution in [3.05, 3.63) is 34.3 Å². The van der Waals surface area contributed by atoms with Gasteiger partial charge < -0.3 is 15.2 Å². The van der Waals surface area contributed by atoms with Crippen molar-refractivity contribution in [1.82, 2.24) is 5.32 Å². The van der Waals surface area contributed by atoms with E-state index in [0.717, 1.165) is 0 Å². The van der Waals surface area contributed by atoms with Gasteiger partial charge in [0.1, 0.15) is 6.54 Å². The molecule has 1 saturated heterocycles. The van der Waals surface area contributed by atoms with E-state index >= 15 is 0 Å². The lowest BCUT2D eigenvalue weighted by molar-refractivity contribution is -0.142. The van der Waals surface area contributed by atoms with Crippen LogP contribution in [0.4, 0.5) is 0 Å². The van der Waals surface area contributed by atoms with Crippen molar-refractivity contribution in [3.8, 4) is 0 Å². The standard InChI is InChI=1S/C17H16ClNO6/c18-9-2-3-11-10(6-9)14(22)13(16(24)19-7-12(20)21)15(23)17(11)4-1-5-25-8-17/h2-3,6,13H,1,4-5,7-8H2,(H,19,24)(H,20,21)/t13?,17-/m0/s1. The van der Waals surface area contributed by atoms with Crippen LogP contribution in [0.3, 0.4) is 0 Å². The number of benzene rings is 1. The number of hydrogen-bond donors (Lipinski definition) is 2. The van der Waals surface area contributed by atoms with Crippen LogP contribution in [0.15, 0.2) is 18.2 Å². The number of carboxylic acid groups (broad SMARTS) is 1. The van der Waals surface area contributed by atoms with E-state index in [2.05, 4.69) is 5.32 Å². The van der Waals surface area contributed by atoms with Gasteiger partial charge >= 0.3 is 5.97 Å². The van der Waals surface area contributed by atoms with E-state index < -0.39 is 41.3 Å². The van der Waals surface area contributed by atoms with Crippen LogP contribution < -0.4 is 5.32 Å². The zero-order valence-corrected chi connectivity index (χ0v) is 14.0. The summed E-state index contributed by atoms with van der Waals surface area (Å²) in [6.45, 7) is -0.0833. The molecule has 1 heterocycles. The number of carbonyl (C=O) groups is 4. The first-order chi connectivity index (χ1) is 11.9. The second-order valence-electron chi connectivity index (χ2n) is 6.20. The van der Waals surface area contributed by atoms with Gasteiger partial charge in [0.25, 0.3) is 0 Å². The van der Waals surface area contributed by atoms with E-state index in [0.29, 0.717) is 30.0 Å². The van der Waals surface area contributed by atoms with Gasteiger partial charge in [-0.3, -0.25) is 19.2 Å². The van der Waals surface area contributed by atoms with Crippen molar-refractivity contribution in [2.45, 2.75) is 18.3 Å². The molecule has 2 atom stereocenters. The Balaban J connectivity index is 2.07. The van der Waals surface area contributed by atoms with Crippen molar-refractivity contribution in [3.63, 3.8) is 0 Å². The largest absolute Gasteiger partial charge is 0.480 e. The Morgan fingerprint density at radius 1 is 1.36 bits per heavy atom. The molecule has 1 fully saturated rings. The van der Waals surface area contributed by atoms with Gasteiger partial charge in [-0.05, 0) is 30.5 Å². The lowest BCUT2D eigenvalue weighted by Crippen LogP contribution is -2.56. The molecule has 0 aromatic heterocycles. The van der Waals surface area contributed by atoms with Gasteiger partial charge in [0.2, 0.25) is 5.91 Å². The molecule has 2 aliphatic rings. The van der Waals surface area contributed by atoms with Crippen molar-refractivity contribution >= 4 is 35.0 Å². The Hall–Kier alpha value is -2.25. The summed E-state index contributed by atoms with van der Waals surface area (Å²) in [6.07, 6.45) is 1.07. The van der Waals surface area contributed by atoms with Gasteiger partial charge in [-0.1, -0.05) is 17.7 Å². The Labute approximate surface area is 148 Å². The first-order valence-corrected chi connectivity index (χ1v) is 8.20. The second-order valence-corrected chi connectivity index (χ2v) is 6.64. The SMILES string of the molecule is O=C(O)CNC(=O)C1C(=O)c2cc(Cl)ccc2[C@@]2(CCCOC2)C1=O. The van der Waals surface area contributed by atoms with Gasteiger partial charge in [-0.15, -0.1) is 0 Å². The van der Waals surface area contributed by atoms with Gasteiger partial charge in [0.15, 0.2) is 17.5 Å². The molecule has 0 radical (unpaired) electrons. The van der Waals surface area contributed by atoms with Crippen LogP contribution in [0.5, 0.6) is 0 Å². The lowest BCUT2D eigenvalue weighted by Gasteiger charge is -2.42. The quantitative estimate of drug-likeness (QED) is 0.772. The predicted octanol–water partition coefficient (Wildman–Crippen LogP) is 0.971. The molecule has 132 valence electrons. The molecule has 1 aliphatic heterocycles. The molecule has 1 spiro atoms. The molecule has 0 bridgehead atoms. The van der Waals surface area contributed by atoms with E-state index in [4.69, 9.17) is 21.4 Å². The highest BCUT2D eigenvalue weighted by atomic mass is 35.5. The summed E-state index contributed by atoms with van der Waals surface area (Å²) in [5.41, 5.74) is -0.348. The van der Waals surface area contributed by atoms with Crippen molar-refractivity contribution in [1.29, 1.82) is 0 Å². The molecule has 2 N–H and O–H groups in total. The summed E-state index contributed by atoms with van der Waals surface area (Å²) in [5, 5.41) is 11.2. The Morgan fingerprint density at radius 2 is 2.12 bits per heavy atom. The molecule has 1 aromatic carbocycles. The van der Waals surface area contributed by atoms with Crippen LogP contribution in [-0.2, 0) is 24.5 Å². The number of nitrogens with one attached hydrogen (secondary N) is 1. The molecule has 1 amide bonds. The molecule has 0 saturated carbocycles. The number of hydrogen-bond acceptors (Lipinski definition) is 5. The van der Waals surface area contributed by atoms with Gasteiger partial charge in [0.05, 0.1) is 12.0 Å². The molecule has 1 aromatic rings. The van der Waals surface area contributed by atoms with Crippen molar-refractivity contribution in [2.24, 2.45) is 5.92 Å². The van der Waals surface area contributed by atoms with Crippen LogP contribution >= 0.6 is 11.6 Å². The molecule has 8 heteroatoms. The van der Waals surface area contributed by atoms with E-state index in [-0.39, 0.29) is 12.2 Å². The molecule has 1 aliphatic carbocycles. The van der Waals surface area contributed by atoms with Crippen LogP contribution in [0.25, 0.3) is 0 Å². The number of aliphatic carboxylic acids is 1. The summed E-state index contributed by atoms with van der Waals surface area (Å²) in [5.74, 6) is -4.97. The number of Topliss-reactive ketones (excluding diaryl/α,β-unsaturated/α-hetero) is 2. The van der Waals surface area contributed by atoms with E-state index in [9.17, 15) is 19.2 Å². The van der Waals surface area contributed by atoms with Crippen LogP contribution in [0.1, 0.15) is 28.8 Å². The third kappa shape index (κ3) is 2.94. The first kappa shape index (κ1) is 17.6. The number of ketones is 2. The highest BCUT2D eigenvalue weighted by Crippen LogP contribution is 2.43. The van der Waals surface area contributed by atoms with Gasteiger partial charge in [-0.2, -0.15) is 0 Å². The van der Waals surface area contributed by atoms with E-state index in [1.54, 1.807) is 12.1 Å². The molecule has 7 nitrogen and oxygen atoms in total. The smallest absolute Gasteiger partial charge is 0.322 e. The predicted molar refractivity (Wildman–Crippen MR) is 86.7 cm³/mol. The summed E-state index contributed by atoms with van der Waals surface area (Å²) in [4.78, 5) is 48.9. The zero-order valence-electron chi connectivity index (χ0n) is 13.2. The van der Waals surface area contributed by atoms with E-state index in [1.165, 1.54) is 6.07 Å². The molecule has 25 heavy (non-hydrogen) atoms. The molecule has 1 unspecified atom stereocenters. The van der Waals surface area contributed by atoms with Gasteiger partial charge in [0, 0.05) is 17.2 Å². The fourth-order valence-electron chi connectivity index (χ4n) is 3.53. The summed E-state index contributed by atoms with van der Waals surface area (Å²) < 4.78 is 5.49. The molecular formula is C17H16ClNO6. The second kappa shape index (κ2) is 6.57.